The van der Waals surface area contributed by atoms with Crippen LogP contribution >= 0.6 is 7.82 Å². The molecule has 0 aliphatic rings. The predicted molar refractivity (Wildman–Crippen MR) is 80.5 cm³/mol. The van der Waals surface area contributed by atoms with Crippen LogP contribution in [0.4, 0.5) is 5.69 Å². The second kappa shape index (κ2) is 5.83. The summed E-state index contributed by atoms with van der Waals surface area (Å²) in [6, 6.07) is 11.5. The van der Waals surface area contributed by atoms with Crippen LogP contribution in [-0.2, 0) is 13.6 Å². The van der Waals surface area contributed by atoms with E-state index in [1.807, 2.05) is 49.3 Å². The van der Waals surface area contributed by atoms with Gasteiger partial charge in [0.05, 0.1) is 0 Å². The summed E-state index contributed by atoms with van der Waals surface area (Å²) in [6.07, 6.45) is 0. The lowest BCUT2D eigenvalue weighted by atomic mass is 10.1. The van der Waals surface area contributed by atoms with Crippen LogP contribution in [0, 0.1) is 0 Å². The molecule has 0 saturated heterocycles. The summed E-state index contributed by atoms with van der Waals surface area (Å²) in [7, 11) is 2.90. The summed E-state index contributed by atoms with van der Waals surface area (Å²) in [6.45, 7) is 0. The second-order valence-corrected chi connectivity index (χ2v) is 6.24. The molecule has 0 aromatic heterocycles. The molecule has 2 aromatic carbocycles. The third kappa shape index (κ3) is 2.80. The number of fused-ring (bicyclic) bond motifs is 1. The van der Waals surface area contributed by atoms with Crippen molar-refractivity contribution in [2.75, 3.05) is 33.2 Å². The van der Waals surface area contributed by atoms with Gasteiger partial charge in [0.1, 0.15) is 5.75 Å². The highest BCUT2D eigenvalue weighted by molar-refractivity contribution is 7.48. The highest BCUT2D eigenvalue weighted by Gasteiger charge is 2.26. The zero-order valence-corrected chi connectivity index (χ0v) is 12.9. The molecule has 0 heterocycles. The summed E-state index contributed by atoms with van der Waals surface area (Å²) in [5.74, 6) is 0.471. The summed E-state index contributed by atoms with van der Waals surface area (Å²) >= 11 is 0. The lowest BCUT2D eigenvalue weighted by Crippen LogP contribution is -2.09. The van der Waals surface area contributed by atoms with E-state index in [4.69, 9.17) is 13.6 Å². The Morgan fingerprint density at radius 3 is 2.15 bits per heavy atom. The number of phosphoric acid groups is 1. The molecule has 5 nitrogen and oxygen atoms in total. The standard InChI is InChI=1S/C14H18NO4P/c1-15(2)12-9-5-7-11-8-6-10-13(14(11)12)19-20(16,17-3)18-4/h5-10H,1-4H3. The van der Waals surface area contributed by atoms with Crippen molar-refractivity contribution in [1.82, 2.24) is 0 Å². The van der Waals surface area contributed by atoms with Crippen molar-refractivity contribution < 1.29 is 18.1 Å². The maximum absolute atomic E-state index is 12.2. The van der Waals surface area contributed by atoms with Crippen LogP contribution in [0.5, 0.6) is 5.75 Å². The van der Waals surface area contributed by atoms with Gasteiger partial charge in [0.2, 0.25) is 0 Å². The quantitative estimate of drug-likeness (QED) is 0.787. The maximum Gasteiger partial charge on any atom is 0.529 e. The van der Waals surface area contributed by atoms with E-state index in [2.05, 4.69) is 0 Å². The molecule has 0 saturated carbocycles. The van der Waals surface area contributed by atoms with Crippen LogP contribution in [0.25, 0.3) is 10.8 Å². The van der Waals surface area contributed by atoms with Crippen LogP contribution in [0.1, 0.15) is 0 Å². The summed E-state index contributed by atoms with van der Waals surface area (Å²) < 4.78 is 27.3. The van der Waals surface area contributed by atoms with Gasteiger partial charge in [0.15, 0.2) is 0 Å². The molecular formula is C14H18NO4P. The highest BCUT2D eigenvalue weighted by Crippen LogP contribution is 2.50. The van der Waals surface area contributed by atoms with Crippen molar-refractivity contribution in [3.63, 3.8) is 0 Å². The van der Waals surface area contributed by atoms with Crippen LogP contribution < -0.4 is 9.42 Å². The largest absolute Gasteiger partial charge is 0.529 e. The van der Waals surface area contributed by atoms with Gasteiger partial charge in [-0.2, -0.15) is 0 Å². The Bertz CT molecular complexity index is 643. The van der Waals surface area contributed by atoms with Crippen molar-refractivity contribution in [2.45, 2.75) is 0 Å². The average molecular weight is 295 g/mol. The Labute approximate surface area is 118 Å². The molecule has 6 heteroatoms. The van der Waals surface area contributed by atoms with E-state index in [9.17, 15) is 4.57 Å². The zero-order valence-electron chi connectivity index (χ0n) is 12.0. The van der Waals surface area contributed by atoms with Gasteiger partial charge in [-0.25, -0.2) is 4.57 Å². The van der Waals surface area contributed by atoms with Gasteiger partial charge in [-0.15, -0.1) is 0 Å². The molecule has 0 fully saturated rings. The van der Waals surface area contributed by atoms with Gasteiger partial charge >= 0.3 is 7.82 Å². The fourth-order valence-electron chi connectivity index (χ4n) is 2.01. The van der Waals surface area contributed by atoms with Crippen LogP contribution in [0.2, 0.25) is 0 Å². The normalized spacial score (nSPS) is 11.6. The van der Waals surface area contributed by atoms with Gasteiger partial charge in [-0.1, -0.05) is 24.3 Å². The molecule has 2 rings (SSSR count). The van der Waals surface area contributed by atoms with Crippen molar-refractivity contribution in [1.29, 1.82) is 0 Å². The molecule has 0 spiro atoms. The Morgan fingerprint density at radius 1 is 1.00 bits per heavy atom. The highest BCUT2D eigenvalue weighted by atomic mass is 31.2. The molecule has 0 N–H and O–H groups in total. The summed E-state index contributed by atoms with van der Waals surface area (Å²) in [5, 5.41) is 1.86. The number of hydrogen-bond donors (Lipinski definition) is 0. The number of rotatable bonds is 5. The lowest BCUT2D eigenvalue weighted by molar-refractivity contribution is 0.212. The number of phosphoric ester groups is 1. The van der Waals surface area contributed by atoms with E-state index in [1.165, 1.54) is 14.2 Å². The van der Waals surface area contributed by atoms with E-state index < -0.39 is 7.82 Å². The monoisotopic (exact) mass is 295 g/mol. The summed E-state index contributed by atoms with van der Waals surface area (Å²) in [4.78, 5) is 1.97. The first-order valence-corrected chi connectivity index (χ1v) is 7.57. The number of hydrogen-bond acceptors (Lipinski definition) is 5. The topological polar surface area (TPSA) is 48.0 Å². The molecule has 0 radical (unpaired) electrons. The molecule has 0 amide bonds. The molecule has 0 atom stereocenters. The van der Waals surface area contributed by atoms with Gasteiger partial charge in [0, 0.05) is 39.4 Å². The van der Waals surface area contributed by atoms with Gasteiger partial charge in [0.25, 0.3) is 0 Å². The van der Waals surface area contributed by atoms with E-state index in [0.29, 0.717) is 5.75 Å². The minimum atomic E-state index is -3.58. The second-order valence-electron chi connectivity index (χ2n) is 4.43. The van der Waals surface area contributed by atoms with Crippen LogP contribution in [-0.4, -0.2) is 28.3 Å². The molecule has 2 aromatic rings. The Balaban J connectivity index is 2.62. The molecule has 0 unspecified atom stereocenters. The van der Waals surface area contributed by atoms with Crippen LogP contribution in [0.15, 0.2) is 36.4 Å². The number of benzene rings is 2. The van der Waals surface area contributed by atoms with Gasteiger partial charge in [-0.05, 0) is 17.5 Å². The lowest BCUT2D eigenvalue weighted by Gasteiger charge is -2.20. The third-order valence-corrected chi connectivity index (χ3v) is 4.30. The fraction of sp³-hybridized carbons (Fsp3) is 0.286. The van der Waals surface area contributed by atoms with E-state index >= 15 is 0 Å². The third-order valence-electron chi connectivity index (χ3n) is 2.98. The Kier molecular flexibility index (Phi) is 4.33. The molecule has 108 valence electrons. The predicted octanol–water partition coefficient (Wildman–Crippen LogP) is 3.69. The first-order chi connectivity index (χ1) is 9.50. The molecule has 20 heavy (non-hydrogen) atoms. The van der Waals surface area contributed by atoms with Gasteiger partial charge in [-0.3, -0.25) is 9.05 Å². The minimum absolute atomic E-state index is 0.471. The SMILES string of the molecule is COP(=O)(OC)Oc1cccc2cccc(N(C)C)c12. The first kappa shape index (κ1) is 14.9. The molecule has 0 bridgehead atoms. The van der Waals surface area contributed by atoms with Crippen molar-refractivity contribution in [2.24, 2.45) is 0 Å². The summed E-state index contributed by atoms with van der Waals surface area (Å²) in [5.41, 5.74) is 0.969. The smallest absolute Gasteiger partial charge is 0.403 e. The van der Waals surface area contributed by atoms with E-state index in [1.54, 1.807) is 6.07 Å². The molecule has 0 aliphatic carbocycles. The average Bonchev–Trinajstić information content (AvgIpc) is 2.46. The van der Waals surface area contributed by atoms with Crippen LogP contribution in [0.3, 0.4) is 0 Å². The van der Waals surface area contributed by atoms with Crippen molar-refractivity contribution >= 4 is 24.3 Å². The van der Waals surface area contributed by atoms with Gasteiger partial charge < -0.3 is 9.42 Å². The van der Waals surface area contributed by atoms with E-state index in [0.717, 1.165) is 16.5 Å². The molecule has 0 aliphatic heterocycles. The molecular weight excluding hydrogens is 277 g/mol. The fourth-order valence-corrected chi connectivity index (χ4v) is 2.70. The maximum atomic E-state index is 12.2. The van der Waals surface area contributed by atoms with E-state index in [-0.39, 0.29) is 0 Å². The zero-order chi connectivity index (χ0) is 14.8. The minimum Gasteiger partial charge on any atom is -0.403 e. The number of nitrogens with zero attached hydrogens (tertiary/aromatic N) is 1. The first-order valence-electron chi connectivity index (χ1n) is 6.11. The number of anilines is 1. The van der Waals surface area contributed by atoms with Crippen molar-refractivity contribution in [3.8, 4) is 5.75 Å². The Morgan fingerprint density at radius 2 is 1.60 bits per heavy atom. The Hall–Kier alpha value is -1.55. The van der Waals surface area contributed by atoms with Crippen molar-refractivity contribution in [3.05, 3.63) is 36.4 Å².